The molecule has 0 aromatic heterocycles. The molecule has 0 spiro atoms. The fourth-order valence-electron chi connectivity index (χ4n) is 4.81. The highest BCUT2D eigenvalue weighted by molar-refractivity contribution is 7.84. The van der Waals surface area contributed by atoms with Crippen molar-refractivity contribution in [3.05, 3.63) is 35.9 Å². The molecule has 1 aromatic carbocycles. The van der Waals surface area contributed by atoms with E-state index in [-0.39, 0.29) is 27.6 Å². The van der Waals surface area contributed by atoms with Crippen molar-refractivity contribution in [3.63, 3.8) is 0 Å². The lowest BCUT2D eigenvalue weighted by atomic mass is 9.70. The van der Waals surface area contributed by atoms with Gasteiger partial charge in [0.05, 0.1) is 18.0 Å². The van der Waals surface area contributed by atoms with Crippen molar-refractivity contribution in [1.29, 1.82) is 0 Å². The van der Waals surface area contributed by atoms with E-state index in [1.165, 1.54) is 0 Å². The average molecular weight is 376 g/mol. The Kier molecular flexibility index (Phi) is 5.22. The van der Waals surface area contributed by atoms with Crippen LogP contribution >= 0.6 is 0 Å². The second-order valence-corrected chi connectivity index (χ2v) is 11.3. The van der Waals surface area contributed by atoms with Crippen LogP contribution in [0.2, 0.25) is 0 Å². The molecule has 3 rings (SSSR count). The van der Waals surface area contributed by atoms with Crippen molar-refractivity contribution in [2.24, 2.45) is 26.6 Å². The van der Waals surface area contributed by atoms with Crippen molar-refractivity contribution in [1.82, 2.24) is 0 Å². The number of rotatable bonds is 5. The Morgan fingerprint density at radius 1 is 1.23 bits per heavy atom. The molecule has 5 atom stereocenters. The van der Waals surface area contributed by atoms with Crippen molar-refractivity contribution < 1.29 is 8.95 Å². The highest BCUT2D eigenvalue weighted by atomic mass is 32.2. The number of benzene rings is 1. The van der Waals surface area contributed by atoms with Gasteiger partial charge in [-0.05, 0) is 35.2 Å². The van der Waals surface area contributed by atoms with E-state index in [1.807, 2.05) is 30.3 Å². The number of ether oxygens (including phenoxy) is 1. The summed E-state index contributed by atoms with van der Waals surface area (Å²) < 4.78 is 24.1. The molecule has 144 valence electrons. The summed E-state index contributed by atoms with van der Waals surface area (Å²) in [4.78, 5) is 0. The van der Waals surface area contributed by atoms with Crippen molar-refractivity contribution >= 4 is 17.2 Å². The SMILES string of the molecule is CC(C)(C)CO[C@@H]1[C@H]([S@@](=O)/N=C/c2ccccc2)C2CCC1(C)C2(C)C. The van der Waals surface area contributed by atoms with Gasteiger partial charge < -0.3 is 4.74 Å². The molecule has 1 aromatic rings. The fourth-order valence-corrected chi connectivity index (χ4v) is 6.52. The zero-order valence-electron chi connectivity index (χ0n) is 17.0. The topological polar surface area (TPSA) is 38.7 Å². The van der Waals surface area contributed by atoms with Crippen LogP contribution in [0.3, 0.4) is 0 Å². The van der Waals surface area contributed by atoms with Crippen LogP contribution in [0.5, 0.6) is 0 Å². The van der Waals surface area contributed by atoms with E-state index in [2.05, 4.69) is 45.9 Å². The maximum absolute atomic E-state index is 13.2. The van der Waals surface area contributed by atoms with E-state index in [9.17, 15) is 4.21 Å². The normalized spacial score (nSPS) is 34.5. The molecule has 0 aliphatic heterocycles. The molecule has 2 aliphatic rings. The molecule has 0 saturated heterocycles. The van der Waals surface area contributed by atoms with Crippen LogP contribution in [0.1, 0.15) is 59.9 Å². The Hall–Kier alpha value is -1.00. The Labute approximate surface area is 161 Å². The summed E-state index contributed by atoms with van der Waals surface area (Å²) in [5.74, 6) is 0.395. The summed E-state index contributed by atoms with van der Waals surface area (Å²) in [5.41, 5.74) is 1.27. The predicted octanol–water partition coefficient (Wildman–Crippen LogP) is 5.03. The lowest BCUT2D eigenvalue weighted by Crippen LogP contribution is -2.44. The monoisotopic (exact) mass is 375 g/mol. The van der Waals surface area contributed by atoms with Crippen LogP contribution in [0.15, 0.2) is 34.7 Å². The Morgan fingerprint density at radius 2 is 1.88 bits per heavy atom. The van der Waals surface area contributed by atoms with Crippen LogP contribution in [-0.4, -0.2) is 28.4 Å². The van der Waals surface area contributed by atoms with Gasteiger partial charge in [-0.3, -0.25) is 0 Å². The van der Waals surface area contributed by atoms with E-state index >= 15 is 0 Å². The van der Waals surface area contributed by atoms with Crippen LogP contribution < -0.4 is 0 Å². The molecule has 2 saturated carbocycles. The van der Waals surface area contributed by atoms with Gasteiger partial charge in [-0.1, -0.05) is 71.9 Å². The molecule has 3 nitrogen and oxygen atoms in total. The van der Waals surface area contributed by atoms with Gasteiger partial charge in [0.25, 0.3) is 0 Å². The first-order chi connectivity index (χ1) is 12.1. The van der Waals surface area contributed by atoms with Gasteiger partial charge in [0.15, 0.2) is 0 Å². The fraction of sp³-hybridized carbons (Fsp3) is 0.682. The number of fused-ring (bicyclic) bond motifs is 2. The maximum atomic E-state index is 13.2. The number of hydrogen-bond acceptors (Lipinski definition) is 2. The minimum absolute atomic E-state index is 0.00392. The third-order valence-corrected chi connectivity index (χ3v) is 8.09. The first-order valence-electron chi connectivity index (χ1n) is 9.68. The molecule has 4 heteroatoms. The summed E-state index contributed by atoms with van der Waals surface area (Å²) in [5, 5.41) is -0.0222. The third-order valence-electron chi connectivity index (χ3n) is 6.73. The second kappa shape index (κ2) is 6.87. The Bertz CT molecular complexity index is 692. The molecule has 0 heterocycles. The van der Waals surface area contributed by atoms with Gasteiger partial charge in [-0.15, -0.1) is 0 Å². The van der Waals surface area contributed by atoms with E-state index < -0.39 is 11.0 Å². The minimum Gasteiger partial charge on any atom is -0.376 e. The first-order valence-corrected chi connectivity index (χ1v) is 10.8. The van der Waals surface area contributed by atoms with Crippen LogP contribution in [-0.2, 0) is 15.7 Å². The van der Waals surface area contributed by atoms with Gasteiger partial charge in [-0.2, -0.15) is 4.40 Å². The van der Waals surface area contributed by atoms with E-state index in [0.717, 1.165) is 18.4 Å². The maximum Gasteiger partial charge on any atom is 0.145 e. The minimum atomic E-state index is -1.28. The van der Waals surface area contributed by atoms with Gasteiger partial charge in [-0.25, -0.2) is 4.21 Å². The summed E-state index contributed by atoms with van der Waals surface area (Å²) in [6.45, 7) is 14.2. The lowest BCUT2D eigenvalue weighted by molar-refractivity contribution is -0.0674. The predicted molar refractivity (Wildman–Crippen MR) is 110 cm³/mol. The molecule has 2 aliphatic carbocycles. The first kappa shape index (κ1) is 19.8. The molecule has 0 radical (unpaired) electrons. The van der Waals surface area contributed by atoms with E-state index in [4.69, 9.17) is 4.74 Å². The van der Waals surface area contributed by atoms with Crippen molar-refractivity contribution in [2.75, 3.05) is 6.61 Å². The molecule has 0 amide bonds. The number of nitrogens with zero attached hydrogens (tertiary/aromatic N) is 1. The zero-order valence-corrected chi connectivity index (χ0v) is 17.8. The smallest absolute Gasteiger partial charge is 0.145 e. The average Bonchev–Trinajstić information content (AvgIpc) is 2.89. The summed E-state index contributed by atoms with van der Waals surface area (Å²) in [7, 11) is -1.28. The number of hydrogen-bond donors (Lipinski definition) is 0. The van der Waals surface area contributed by atoms with Crippen molar-refractivity contribution in [2.45, 2.75) is 65.7 Å². The van der Waals surface area contributed by atoms with Crippen LogP contribution in [0.4, 0.5) is 0 Å². The van der Waals surface area contributed by atoms with Crippen LogP contribution in [0.25, 0.3) is 0 Å². The second-order valence-electron chi connectivity index (χ2n) is 9.96. The van der Waals surface area contributed by atoms with Gasteiger partial charge >= 0.3 is 0 Å². The molecular formula is C22H33NO2S. The van der Waals surface area contributed by atoms with E-state index in [1.54, 1.807) is 6.21 Å². The molecule has 26 heavy (non-hydrogen) atoms. The molecular weight excluding hydrogens is 342 g/mol. The van der Waals surface area contributed by atoms with Gasteiger partial charge in [0, 0.05) is 11.6 Å². The lowest BCUT2D eigenvalue weighted by Gasteiger charge is -2.40. The zero-order chi connectivity index (χ0) is 19.2. The standard InChI is InChI=1S/C22H33NO2S/c1-20(2,3)15-25-19-18(17-12-13-22(19,6)21(17,4)5)26(24)23-14-16-10-8-7-9-11-16/h7-11,14,17-19H,12-13,15H2,1-6H3/b23-14+/t17?,18-,19-,22?,26-/m1/s1. The molecule has 2 unspecified atom stereocenters. The van der Waals surface area contributed by atoms with Gasteiger partial charge in [0.2, 0.25) is 0 Å². The highest BCUT2D eigenvalue weighted by Crippen LogP contribution is 2.67. The third kappa shape index (κ3) is 3.43. The Morgan fingerprint density at radius 3 is 2.50 bits per heavy atom. The summed E-state index contributed by atoms with van der Waals surface area (Å²) in [6, 6.07) is 9.90. The molecule has 2 bridgehead atoms. The van der Waals surface area contributed by atoms with Gasteiger partial charge in [0.1, 0.15) is 11.0 Å². The Balaban J connectivity index is 1.85. The van der Waals surface area contributed by atoms with Crippen molar-refractivity contribution in [3.8, 4) is 0 Å². The molecule has 2 fully saturated rings. The molecule has 0 N–H and O–H groups in total. The largest absolute Gasteiger partial charge is 0.376 e. The van der Waals surface area contributed by atoms with Crippen LogP contribution in [0, 0.1) is 22.2 Å². The quantitative estimate of drug-likeness (QED) is 0.677. The van der Waals surface area contributed by atoms with E-state index in [0.29, 0.717) is 12.5 Å². The highest BCUT2D eigenvalue weighted by Gasteiger charge is 2.68. The summed E-state index contributed by atoms with van der Waals surface area (Å²) in [6.07, 6.45) is 4.02. The summed E-state index contributed by atoms with van der Waals surface area (Å²) >= 11 is 0.